The van der Waals surface area contributed by atoms with Crippen LogP contribution in [0, 0.1) is 17.0 Å². The SMILES string of the molecule is Cc1cccnc1COc1ccc([N+](=O)[O-])cc1CO. The average molecular weight is 274 g/mol. The van der Waals surface area contributed by atoms with Gasteiger partial charge in [-0.05, 0) is 24.6 Å². The van der Waals surface area contributed by atoms with Gasteiger partial charge in [-0.2, -0.15) is 0 Å². The highest BCUT2D eigenvalue weighted by atomic mass is 16.6. The molecule has 2 aromatic rings. The van der Waals surface area contributed by atoms with E-state index in [1.54, 1.807) is 6.20 Å². The summed E-state index contributed by atoms with van der Waals surface area (Å²) < 4.78 is 5.58. The maximum Gasteiger partial charge on any atom is 0.270 e. The summed E-state index contributed by atoms with van der Waals surface area (Å²) in [6, 6.07) is 7.90. The lowest BCUT2D eigenvalue weighted by molar-refractivity contribution is -0.385. The zero-order chi connectivity index (χ0) is 14.5. The molecule has 6 nitrogen and oxygen atoms in total. The number of rotatable bonds is 5. The molecule has 0 unspecified atom stereocenters. The minimum absolute atomic E-state index is 0.0737. The van der Waals surface area contributed by atoms with Gasteiger partial charge >= 0.3 is 0 Å². The van der Waals surface area contributed by atoms with Gasteiger partial charge in [-0.3, -0.25) is 15.1 Å². The predicted molar refractivity (Wildman–Crippen MR) is 72.3 cm³/mol. The van der Waals surface area contributed by atoms with Crippen molar-refractivity contribution in [2.45, 2.75) is 20.1 Å². The minimum Gasteiger partial charge on any atom is -0.487 e. The first-order chi connectivity index (χ1) is 9.61. The summed E-state index contributed by atoms with van der Waals surface area (Å²) in [6.07, 6.45) is 1.68. The molecule has 0 bridgehead atoms. The summed E-state index contributed by atoms with van der Waals surface area (Å²) in [5.41, 5.74) is 2.10. The van der Waals surface area contributed by atoms with Crippen molar-refractivity contribution in [2.75, 3.05) is 0 Å². The zero-order valence-electron chi connectivity index (χ0n) is 10.9. The summed E-state index contributed by atoms with van der Waals surface area (Å²) in [7, 11) is 0. The monoisotopic (exact) mass is 274 g/mol. The number of aliphatic hydroxyl groups excluding tert-OH is 1. The molecule has 0 saturated carbocycles. The maximum absolute atomic E-state index is 10.7. The number of benzene rings is 1. The van der Waals surface area contributed by atoms with Crippen LogP contribution in [0.25, 0.3) is 0 Å². The molecule has 20 heavy (non-hydrogen) atoms. The topological polar surface area (TPSA) is 85.5 Å². The molecule has 0 saturated heterocycles. The fourth-order valence-corrected chi connectivity index (χ4v) is 1.76. The summed E-state index contributed by atoms with van der Waals surface area (Å²) in [6.45, 7) is 1.85. The number of nitro groups is 1. The lowest BCUT2D eigenvalue weighted by atomic mass is 10.2. The van der Waals surface area contributed by atoms with Gasteiger partial charge in [0.05, 0.1) is 17.2 Å². The van der Waals surface area contributed by atoms with Crippen molar-refractivity contribution in [3.8, 4) is 5.75 Å². The van der Waals surface area contributed by atoms with E-state index < -0.39 is 4.92 Å². The average Bonchev–Trinajstić information content (AvgIpc) is 2.46. The quantitative estimate of drug-likeness (QED) is 0.668. The van der Waals surface area contributed by atoms with Crippen molar-refractivity contribution in [3.05, 3.63) is 63.5 Å². The number of ether oxygens (including phenoxy) is 1. The standard InChI is InChI=1S/C14H14N2O4/c1-10-3-2-6-15-13(10)9-20-14-5-4-12(16(18)19)7-11(14)8-17/h2-7,17H,8-9H2,1H3. The van der Waals surface area contributed by atoms with Crippen molar-refractivity contribution in [1.82, 2.24) is 4.98 Å². The van der Waals surface area contributed by atoms with Gasteiger partial charge in [-0.15, -0.1) is 0 Å². The van der Waals surface area contributed by atoms with Gasteiger partial charge in [0.15, 0.2) is 0 Å². The van der Waals surface area contributed by atoms with Crippen LogP contribution in [0.2, 0.25) is 0 Å². The first kappa shape index (κ1) is 14.0. The summed E-state index contributed by atoms with van der Waals surface area (Å²) in [5, 5.41) is 19.9. The van der Waals surface area contributed by atoms with Crippen LogP contribution < -0.4 is 4.74 Å². The Labute approximate surface area is 115 Å². The molecule has 6 heteroatoms. The number of hydrogen-bond acceptors (Lipinski definition) is 5. The van der Waals surface area contributed by atoms with Gasteiger partial charge in [0.1, 0.15) is 12.4 Å². The highest BCUT2D eigenvalue weighted by molar-refractivity contribution is 5.43. The molecule has 1 N–H and O–H groups in total. The highest BCUT2D eigenvalue weighted by Crippen LogP contribution is 2.25. The van der Waals surface area contributed by atoms with E-state index in [0.717, 1.165) is 11.3 Å². The molecule has 0 radical (unpaired) electrons. The lowest BCUT2D eigenvalue weighted by Crippen LogP contribution is -2.03. The summed E-state index contributed by atoms with van der Waals surface area (Å²) >= 11 is 0. The number of aromatic nitrogens is 1. The number of aryl methyl sites for hydroxylation is 1. The lowest BCUT2D eigenvalue weighted by Gasteiger charge is -2.10. The Morgan fingerprint density at radius 2 is 2.20 bits per heavy atom. The largest absolute Gasteiger partial charge is 0.487 e. The molecule has 0 aliphatic heterocycles. The molecule has 104 valence electrons. The molecule has 1 aromatic heterocycles. The Balaban J connectivity index is 2.17. The van der Waals surface area contributed by atoms with Gasteiger partial charge in [-0.25, -0.2) is 0 Å². The van der Waals surface area contributed by atoms with Gasteiger partial charge in [0, 0.05) is 23.9 Å². The predicted octanol–water partition coefficient (Wildman–Crippen LogP) is 2.37. The van der Waals surface area contributed by atoms with Crippen LogP contribution in [-0.4, -0.2) is 15.0 Å². The fourth-order valence-electron chi connectivity index (χ4n) is 1.76. The maximum atomic E-state index is 10.7. The normalized spacial score (nSPS) is 10.3. The Morgan fingerprint density at radius 3 is 2.85 bits per heavy atom. The van der Waals surface area contributed by atoms with Crippen LogP contribution in [0.4, 0.5) is 5.69 Å². The molecule has 2 rings (SSSR count). The summed E-state index contributed by atoms with van der Waals surface area (Å²) in [5.74, 6) is 0.420. The van der Waals surface area contributed by atoms with Crippen molar-refractivity contribution in [2.24, 2.45) is 0 Å². The van der Waals surface area contributed by atoms with Crippen LogP contribution in [-0.2, 0) is 13.2 Å². The Hall–Kier alpha value is -2.47. The van der Waals surface area contributed by atoms with E-state index >= 15 is 0 Å². The molecule has 0 spiro atoms. The third-order valence-electron chi connectivity index (χ3n) is 2.91. The molecule has 0 amide bonds. The molecule has 1 aromatic carbocycles. The van der Waals surface area contributed by atoms with E-state index in [-0.39, 0.29) is 18.9 Å². The molecular weight excluding hydrogens is 260 g/mol. The number of nitro benzene ring substituents is 1. The molecular formula is C14H14N2O4. The number of aliphatic hydroxyl groups is 1. The van der Waals surface area contributed by atoms with Crippen LogP contribution in [0.15, 0.2) is 36.5 Å². The number of non-ortho nitro benzene ring substituents is 1. The molecule has 0 fully saturated rings. The molecule has 0 aliphatic carbocycles. The van der Waals surface area contributed by atoms with Crippen LogP contribution in [0.5, 0.6) is 5.75 Å². The summed E-state index contributed by atoms with van der Waals surface area (Å²) in [4.78, 5) is 14.4. The number of hydrogen-bond donors (Lipinski definition) is 1. The van der Waals surface area contributed by atoms with Gasteiger partial charge in [0.25, 0.3) is 5.69 Å². The van der Waals surface area contributed by atoms with E-state index in [2.05, 4.69) is 4.98 Å². The van der Waals surface area contributed by atoms with Gasteiger partial charge in [0.2, 0.25) is 0 Å². The van der Waals surface area contributed by atoms with Crippen LogP contribution >= 0.6 is 0 Å². The van der Waals surface area contributed by atoms with Crippen molar-refractivity contribution in [1.29, 1.82) is 0 Å². The minimum atomic E-state index is -0.508. The molecule has 0 aliphatic rings. The van der Waals surface area contributed by atoms with Crippen LogP contribution in [0.3, 0.4) is 0 Å². The Bertz CT molecular complexity index is 628. The van der Waals surface area contributed by atoms with Crippen LogP contribution in [0.1, 0.15) is 16.8 Å². The second-order valence-electron chi connectivity index (χ2n) is 4.26. The van der Waals surface area contributed by atoms with E-state index in [4.69, 9.17) is 4.74 Å². The highest BCUT2D eigenvalue weighted by Gasteiger charge is 2.11. The third kappa shape index (κ3) is 3.10. The van der Waals surface area contributed by atoms with Gasteiger partial charge < -0.3 is 9.84 Å². The first-order valence-electron chi connectivity index (χ1n) is 6.03. The molecule has 0 atom stereocenters. The van der Waals surface area contributed by atoms with Gasteiger partial charge in [-0.1, -0.05) is 6.07 Å². The Morgan fingerprint density at radius 1 is 1.40 bits per heavy atom. The first-order valence-corrected chi connectivity index (χ1v) is 6.03. The van der Waals surface area contributed by atoms with Crippen molar-refractivity contribution < 1.29 is 14.8 Å². The fraction of sp³-hybridized carbons (Fsp3) is 0.214. The molecule has 1 heterocycles. The van der Waals surface area contributed by atoms with E-state index in [9.17, 15) is 15.2 Å². The smallest absolute Gasteiger partial charge is 0.270 e. The van der Waals surface area contributed by atoms with E-state index in [1.807, 2.05) is 19.1 Å². The second kappa shape index (κ2) is 6.12. The zero-order valence-corrected chi connectivity index (χ0v) is 10.9. The second-order valence-corrected chi connectivity index (χ2v) is 4.26. The van der Waals surface area contributed by atoms with Crippen molar-refractivity contribution >= 4 is 5.69 Å². The Kier molecular flexibility index (Phi) is 4.27. The van der Waals surface area contributed by atoms with Crippen molar-refractivity contribution in [3.63, 3.8) is 0 Å². The third-order valence-corrected chi connectivity index (χ3v) is 2.91. The van der Waals surface area contributed by atoms with E-state index in [1.165, 1.54) is 18.2 Å². The number of pyridine rings is 1. The number of nitrogens with zero attached hydrogens (tertiary/aromatic N) is 2. The van der Waals surface area contributed by atoms with E-state index in [0.29, 0.717) is 11.3 Å².